The van der Waals surface area contributed by atoms with Crippen LogP contribution in [-0.4, -0.2) is 34.5 Å². The number of ether oxygens (including phenoxy) is 1. The van der Waals surface area contributed by atoms with Gasteiger partial charge in [0, 0.05) is 31.2 Å². The van der Waals surface area contributed by atoms with E-state index in [0.29, 0.717) is 25.6 Å². The third kappa shape index (κ3) is 5.41. The molecule has 1 aliphatic heterocycles. The lowest BCUT2D eigenvalue weighted by molar-refractivity contribution is -0.137. The molecule has 184 valence electrons. The Balaban J connectivity index is 1.88. The van der Waals surface area contributed by atoms with E-state index in [-0.39, 0.29) is 23.0 Å². The predicted molar refractivity (Wildman–Crippen MR) is 119 cm³/mol. The Morgan fingerprint density at radius 1 is 1.35 bits per heavy atom. The largest absolute Gasteiger partial charge is 0.472 e. The number of halogens is 4. The highest BCUT2D eigenvalue weighted by molar-refractivity contribution is 6.00. The maximum Gasteiger partial charge on any atom is 0.417 e. The number of likely N-dealkylation sites (tertiary alicyclic amines) is 1. The quantitative estimate of drug-likeness (QED) is 0.352. The van der Waals surface area contributed by atoms with Crippen LogP contribution in [0, 0.1) is 11.7 Å². The Bertz CT molecular complexity index is 1030. The van der Waals surface area contributed by atoms with E-state index in [1.807, 2.05) is 13.8 Å². The van der Waals surface area contributed by atoms with Crippen molar-refractivity contribution in [2.24, 2.45) is 17.5 Å². The van der Waals surface area contributed by atoms with Crippen molar-refractivity contribution in [1.82, 2.24) is 9.88 Å². The van der Waals surface area contributed by atoms with Gasteiger partial charge in [0.05, 0.1) is 17.2 Å². The number of alkyl halides is 3. The summed E-state index contributed by atoms with van der Waals surface area (Å²) in [4.78, 5) is 18.9. The van der Waals surface area contributed by atoms with Crippen molar-refractivity contribution in [1.29, 1.82) is 0 Å². The lowest BCUT2D eigenvalue weighted by atomic mass is 10.0. The normalized spacial score (nSPS) is 19.4. The van der Waals surface area contributed by atoms with Crippen molar-refractivity contribution in [3.05, 3.63) is 65.9 Å². The SMILES string of the molecule is CCC(Oc1ccc(C(F)(F)F)cn1)C1CC(C)CN1C(=O)c1cccc(F)c1N(N)/C=C\N. The van der Waals surface area contributed by atoms with Gasteiger partial charge in [-0.2, -0.15) is 13.2 Å². The molecular weight excluding hydrogens is 454 g/mol. The van der Waals surface area contributed by atoms with Crippen LogP contribution >= 0.6 is 0 Å². The van der Waals surface area contributed by atoms with E-state index >= 15 is 0 Å². The fraction of sp³-hybridized carbons (Fsp3) is 0.391. The Labute approximate surface area is 194 Å². The van der Waals surface area contributed by atoms with Gasteiger partial charge >= 0.3 is 6.18 Å². The van der Waals surface area contributed by atoms with Crippen LogP contribution in [-0.2, 0) is 6.18 Å². The van der Waals surface area contributed by atoms with E-state index in [4.69, 9.17) is 16.3 Å². The molecule has 1 fully saturated rings. The second-order valence-corrected chi connectivity index (χ2v) is 8.20. The van der Waals surface area contributed by atoms with Crippen molar-refractivity contribution in [2.75, 3.05) is 11.6 Å². The summed E-state index contributed by atoms with van der Waals surface area (Å²) in [6, 6.07) is 5.74. The molecule has 0 radical (unpaired) electrons. The van der Waals surface area contributed by atoms with Gasteiger partial charge in [-0.15, -0.1) is 0 Å². The highest BCUT2D eigenvalue weighted by Crippen LogP contribution is 2.33. The number of rotatable bonds is 7. The third-order valence-electron chi connectivity index (χ3n) is 5.70. The maximum atomic E-state index is 14.6. The van der Waals surface area contributed by atoms with Crippen LogP contribution in [0.3, 0.4) is 0 Å². The molecule has 0 spiro atoms. The highest BCUT2D eigenvalue weighted by Gasteiger charge is 2.40. The Morgan fingerprint density at radius 2 is 2.09 bits per heavy atom. The zero-order valence-corrected chi connectivity index (χ0v) is 18.8. The first-order valence-corrected chi connectivity index (χ1v) is 10.8. The average Bonchev–Trinajstić information content (AvgIpc) is 3.18. The number of nitrogens with two attached hydrogens (primary N) is 2. The van der Waals surface area contributed by atoms with E-state index in [9.17, 15) is 22.4 Å². The third-order valence-corrected chi connectivity index (χ3v) is 5.70. The molecule has 1 aromatic heterocycles. The fourth-order valence-corrected chi connectivity index (χ4v) is 4.15. The molecule has 3 unspecified atom stereocenters. The first-order chi connectivity index (χ1) is 16.1. The first kappa shape index (κ1) is 25.3. The van der Waals surface area contributed by atoms with Gasteiger partial charge in [-0.1, -0.05) is 19.9 Å². The monoisotopic (exact) mass is 481 g/mol. The van der Waals surface area contributed by atoms with Crippen LogP contribution in [0.5, 0.6) is 5.88 Å². The van der Waals surface area contributed by atoms with E-state index in [2.05, 4.69) is 4.98 Å². The summed E-state index contributed by atoms with van der Waals surface area (Å²) in [6.45, 7) is 4.22. The van der Waals surface area contributed by atoms with E-state index in [1.54, 1.807) is 4.90 Å². The average molecular weight is 481 g/mol. The minimum atomic E-state index is -4.50. The summed E-state index contributed by atoms with van der Waals surface area (Å²) in [5.41, 5.74) is 4.42. The number of aromatic nitrogens is 1. The second kappa shape index (κ2) is 10.3. The molecule has 1 aliphatic rings. The molecule has 2 aromatic rings. The van der Waals surface area contributed by atoms with E-state index in [1.165, 1.54) is 24.4 Å². The number of anilines is 1. The number of amides is 1. The predicted octanol–water partition coefficient (Wildman–Crippen LogP) is 4.06. The van der Waals surface area contributed by atoms with Gasteiger partial charge in [0.1, 0.15) is 17.6 Å². The molecule has 1 aromatic carbocycles. The van der Waals surface area contributed by atoms with Crippen LogP contribution in [0.25, 0.3) is 0 Å². The minimum absolute atomic E-state index is 0.0273. The van der Waals surface area contributed by atoms with Crippen molar-refractivity contribution in [2.45, 2.75) is 45.0 Å². The molecular formula is C23H27F4N5O2. The molecule has 11 heteroatoms. The fourth-order valence-electron chi connectivity index (χ4n) is 4.15. The van der Waals surface area contributed by atoms with Crippen LogP contribution < -0.4 is 21.3 Å². The topological polar surface area (TPSA) is 97.7 Å². The molecule has 0 aliphatic carbocycles. The molecule has 1 amide bonds. The van der Waals surface area contributed by atoms with Crippen LogP contribution in [0.2, 0.25) is 0 Å². The van der Waals surface area contributed by atoms with Crippen molar-refractivity contribution in [3.8, 4) is 5.88 Å². The number of benzene rings is 1. The number of para-hydroxylation sites is 1. The Morgan fingerprint density at radius 3 is 2.68 bits per heavy atom. The summed E-state index contributed by atoms with van der Waals surface area (Å²) in [5, 5.41) is 0.941. The summed E-state index contributed by atoms with van der Waals surface area (Å²) >= 11 is 0. The number of hydrogen-bond acceptors (Lipinski definition) is 6. The van der Waals surface area contributed by atoms with Crippen LogP contribution in [0.1, 0.15) is 42.6 Å². The molecule has 1 saturated heterocycles. The molecule has 7 nitrogen and oxygen atoms in total. The molecule has 2 heterocycles. The summed E-state index contributed by atoms with van der Waals surface area (Å²) < 4.78 is 59.0. The van der Waals surface area contributed by atoms with Crippen LogP contribution in [0.4, 0.5) is 23.2 Å². The highest BCUT2D eigenvalue weighted by atomic mass is 19.4. The smallest absolute Gasteiger partial charge is 0.417 e. The number of carbonyl (C=O) groups is 1. The molecule has 34 heavy (non-hydrogen) atoms. The van der Waals surface area contributed by atoms with Gasteiger partial charge < -0.3 is 15.4 Å². The Kier molecular flexibility index (Phi) is 7.65. The van der Waals surface area contributed by atoms with E-state index < -0.39 is 35.6 Å². The zero-order chi connectivity index (χ0) is 25.0. The summed E-state index contributed by atoms with van der Waals surface area (Å²) in [7, 11) is 0. The second-order valence-electron chi connectivity index (χ2n) is 8.20. The summed E-state index contributed by atoms with van der Waals surface area (Å²) in [5.74, 6) is 4.91. The Hall–Kier alpha value is -3.34. The van der Waals surface area contributed by atoms with Crippen molar-refractivity contribution < 1.29 is 27.1 Å². The lowest BCUT2D eigenvalue weighted by Crippen LogP contribution is -2.45. The molecule has 3 atom stereocenters. The standard InChI is InChI=1S/C23H27F4N5O2/c1-3-19(34-20-8-7-15(12-30-20)23(25,26)27)18-11-14(2)13-31(18)22(33)16-5-4-6-17(24)21(16)32(29)10-9-28/h4-10,12,14,18-19H,3,11,13,28-29H2,1-2H3/b10-9-. The van der Waals surface area contributed by atoms with Gasteiger partial charge in [0.15, 0.2) is 0 Å². The van der Waals surface area contributed by atoms with Crippen molar-refractivity contribution >= 4 is 11.6 Å². The maximum absolute atomic E-state index is 14.6. The van der Waals surface area contributed by atoms with Crippen LogP contribution in [0.15, 0.2) is 48.9 Å². The molecule has 0 saturated carbocycles. The number of hydrogen-bond donors (Lipinski definition) is 2. The number of pyridine rings is 1. The molecule has 0 bridgehead atoms. The number of hydrazine groups is 1. The lowest BCUT2D eigenvalue weighted by Gasteiger charge is -2.32. The summed E-state index contributed by atoms with van der Waals surface area (Å²) in [6.07, 6.45) is -0.898. The van der Waals surface area contributed by atoms with Gasteiger partial charge in [-0.05, 0) is 37.0 Å². The number of carbonyl (C=O) groups excluding carboxylic acids is 1. The van der Waals surface area contributed by atoms with Gasteiger partial charge in [-0.25, -0.2) is 15.2 Å². The van der Waals surface area contributed by atoms with Crippen molar-refractivity contribution in [3.63, 3.8) is 0 Å². The minimum Gasteiger partial charge on any atom is -0.472 e. The van der Waals surface area contributed by atoms with E-state index in [0.717, 1.165) is 23.3 Å². The van der Waals surface area contributed by atoms with Gasteiger partial charge in [0.25, 0.3) is 5.91 Å². The van der Waals surface area contributed by atoms with Gasteiger partial charge in [-0.3, -0.25) is 9.80 Å². The molecule has 4 N–H and O–H groups in total. The van der Waals surface area contributed by atoms with Gasteiger partial charge in [0.2, 0.25) is 5.88 Å². The zero-order valence-electron chi connectivity index (χ0n) is 18.8. The number of nitrogens with zero attached hydrogens (tertiary/aromatic N) is 3. The molecule has 3 rings (SSSR count). The first-order valence-electron chi connectivity index (χ1n) is 10.8.